The first-order valence-corrected chi connectivity index (χ1v) is 5.03. The molecule has 0 aliphatic rings. The average molecular weight is 248 g/mol. The van der Waals surface area contributed by atoms with Gasteiger partial charge in [-0.1, -0.05) is 18.2 Å². The van der Waals surface area contributed by atoms with Gasteiger partial charge in [0.05, 0.1) is 6.20 Å². The van der Waals surface area contributed by atoms with E-state index in [9.17, 15) is 14.0 Å². The third-order valence-corrected chi connectivity index (χ3v) is 2.04. The van der Waals surface area contributed by atoms with Crippen molar-refractivity contribution in [2.75, 3.05) is 10.6 Å². The number of urea groups is 1. The summed E-state index contributed by atoms with van der Waals surface area (Å²) >= 11 is 0. The summed E-state index contributed by atoms with van der Waals surface area (Å²) in [6.45, 7) is 0. The highest BCUT2D eigenvalue weighted by molar-refractivity contribution is 5.99. The summed E-state index contributed by atoms with van der Waals surface area (Å²) in [5.74, 6) is -1.15. The SMILES string of the molecule is O=C(Nc1ccccc1)Nc1[nH]c(=O)ncc1F. The molecule has 0 radical (unpaired) electrons. The molecule has 92 valence electrons. The third-order valence-electron chi connectivity index (χ3n) is 2.04. The Bertz CT molecular complexity index is 612. The number of amides is 2. The summed E-state index contributed by atoms with van der Waals surface area (Å²) in [5.41, 5.74) is -0.196. The van der Waals surface area contributed by atoms with E-state index in [4.69, 9.17) is 0 Å². The van der Waals surface area contributed by atoms with Crippen molar-refractivity contribution in [3.63, 3.8) is 0 Å². The molecular formula is C11H9FN4O2. The lowest BCUT2D eigenvalue weighted by Crippen LogP contribution is -2.23. The minimum atomic E-state index is -0.821. The second-order valence-corrected chi connectivity index (χ2v) is 3.36. The number of aromatic amines is 1. The number of H-pyrrole nitrogens is 1. The molecule has 0 aliphatic heterocycles. The van der Waals surface area contributed by atoms with Crippen LogP contribution in [0.15, 0.2) is 41.3 Å². The molecule has 1 aromatic carbocycles. The normalized spacial score (nSPS) is 9.83. The molecule has 2 rings (SSSR count). The minimum Gasteiger partial charge on any atom is -0.308 e. The molecule has 0 aliphatic carbocycles. The predicted octanol–water partition coefficient (Wildman–Crippen LogP) is 1.55. The van der Waals surface area contributed by atoms with Crippen molar-refractivity contribution in [3.8, 4) is 0 Å². The van der Waals surface area contributed by atoms with E-state index in [0.717, 1.165) is 6.20 Å². The van der Waals surface area contributed by atoms with Crippen LogP contribution in [-0.2, 0) is 0 Å². The van der Waals surface area contributed by atoms with Crippen molar-refractivity contribution >= 4 is 17.5 Å². The summed E-state index contributed by atoms with van der Waals surface area (Å²) in [5, 5.41) is 4.66. The molecule has 0 spiro atoms. The van der Waals surface area contributed by atoms with Gasteiger partial charge < -0.3 is 5.32 Å². The molecule has 7 heteroatoms. The van der Waals surface area contributed by atoms with Gasteiger partial charge in [0.15, 0.2) is 11.6 Å². The fourth-order valence-electron chi connectivity index (χ4n) is 1.27. The van der Waals surface area contributed by atoms with Crippen LogP contribution in [0.2, 0.25) is 0 Å². The van der Waals surface area contributed by atoms with Crippen molar-refractivity contribution < 1.29 is 9.18 Å². The van der Waals surface area contributed by atoms with Gasteiger partial charge in [-0.05, 0) is 12.1 Å². The van der Waals surface area contributed by atoms with E-state index >= 15 is 0 Å². The second kappa shape index (κ2) is 5.09. The number of carbonyl (C=O) groups is 1. The Labute approximate surface area is 101 Å². The first-order chi connectivity index (χ1) is 8.65. The lowest BCUT2D eigenvalue weighted by atomic mass is 10.3. The first-order valence-electron chi connectivity index (χ1n) is 5.03. The van der Waals surface area contributed by atoms with Crippen LogP contribution >= 0.6 is 0 Å². The number of hydrogen-bond donors (Lipinski definition) is 3. The van der Waals surface area contributed by atoms with Crippen LogP contribution in [0.1, 0.15) is 0 Å². The van der Waals surface area contributed by atoms with Crippen LogP contribution in [0, 0.1) is 5.82 Å². The molecule has 0 atom stereocenters. The van der Waals surface area contributed by atoms with Gasteiger partial charge in [0.2, 0.25) is 0 Å². The number of nitrogens with zero attached hydrogens (tertiary/aromatic N) is 1. The van der Waals surface area contributed by atoms with Crippen LogP contribution in [0.3, 0.4) is 0 Å². The lowest BCUT2D eigenvalue weighted by Gasteiger charge is -2.07. The van der Waals surface area contributed by atoms with Gasteiger partial charge in [-0.25, -0.2) is 14.0 Å². The van der Waals surface area contributed by atoms with Crippen LogP contribution in [0.25, 0.3) is 0 Å². The van der Waals surface area contributed by atoms with Gasteiger partial charge in [0.25, 0.3) is 0 Å². The van der Waals surface area contributed by atoms with Crippen molar-refractivity contribution in [1.29, 1.82) is 0 Å². The molecular weight excluding hydrogens is 239 g/mol. The van der Waals surface area contributed by atoms with E-state index in [0.29, 0.717) is 5.69 Å². The smallest absolute Gasteiger partial charge is 0.308 e. The average Bonchev–Trinajstić information content (AvgIpc) is 2.35. The molecule has 6 nitrogen and oxygen atoms in total. The van der Waals surface area contributed by atoms with E-state index in [1.807, 2.05) is 0 Å². The van der Waals surface area contributed by atoms with Gasteiger partial charge in [-0.3, -0.25) is 10.3 Å². The third kappa shape index (κ3) is 2.91. The maximum absolute atomic E-state index is 13.2. The van der Waals surface area contributed by atoms with Gasteiger partial charge >= 0.3 is 11.7 Å². The van der Waals surface area contributed by atoms with Gasteiger partial charge in [-0.2, -0.15) is 4.98 Å². The molecule has 0 bridgehead atoms. The fourth-order valence-corrected chi connectivity index (χ4v) is 1.27. The van der Waals surface area contributed by atoms with Gasteiger partial charge in [0.1, 0.15) is 0 Å². The number of halogens is 1. The first kappa shape index (κ1) is 11.8. The van der Waals surface area contributed by atoms with Crippen molar-refractivity contribution in [1.82, 2.24) is 9.97 Å². The maximum atomic E-state index is 13.2. The zero-order valence-electron chi connectivity index (χ0n) is 9.11. The van der Waals surface area contributed by atoms with Crippen molar-refractivity contribution in [2.24, 2.45) is 0 Å². The fraction of sp³-hybridized carbons (Fsp3) is 0. The van der Waals surface area contributed by atoms with E-state index < -0.39 is 17.5 Å². The van der Waals surface area contributed by atoms with E-state index in [-0.39, 0.29) is 5.82 Å². The predicted molar refractivity (Wildman–Crippen MR) is 63.9 cm³/mol. The summed E-state index contributed by atoms with van der Waals surface area (Å²) in [7, 11) is 0. The van der Waals surface area contributed by atoms with Gasteiger partial charge in [0, 0.05) is 5.69 Å². The van der Waals surface area contributed by atoms with E-state index in [1.165, 1.54) is 0 Å². The Morgan fingerprint density at radius 3 is 2.67 bits per heavy atom. The molecule has 1 aromatic heterocycles. The molecule has 1 heterocycles. The van der Waals surface area contributed by atoms with E-state index in [2.05, 4.69) is 20.6 Å². The number of benzene rings is 1. The number of hydrogen-bond acceptors (Lipinski definition) is 3. The number of para-hydroxylation sites is 1. The maximum Gasteiger partial charge on any atom is 0.346 e. The van der Waals surface area contributed by atoms with Gasteiger partial charge in [-0.15, -0.1) is 0 Å². The number of rotatable bonds is 2. The number of anilines is 2. The molecule has 0 saturated heterocycles. The highest BCUT2D eigenvalue weighted by Crippen LogP contribution is 2.08. The lowest BCUT2D eigenvalue weighted by molar-refractivity contribution is 0.262. The van der Waals surface area contributed by atoms with Crippen LogP contribution in [0.5, 0.6) is 0 Å². The highest BCUT2D eigenvalue weighted by Gasteiger charge is 2.08. The summed E-state index contributed by atoms with van der Waals surface area (Å²) in [6.07, 6.45) is 0.733. The Morgan fingerprint density at radius 2 is 1.94 bits per heavy atom. The summed E-state index contributed by atoms with van der Waals surface area (Å²) in [6, 6.07) is 7.95. The highest BCUT2D eigenvalue weighted by atomic mass is 19.1. The standard InChI is InChI=1S/C11H9FN4O2/c12-8-6-13-10(17)15-9(8)16-11(18)14-7-4-2-1-3-5-7/h1-6H,(H3,13,14,15,16,17,18). The van der Waals surface area contributed by atoms with E-state index in [1.54, 1.807) is 30.3 Å². The van der Waals surface area contributed by atoms with Crippen molar-refractivity contribution in [3.05, 3.63) is 52.8 Å². The largest absolute Gasteiger partial charge is 0.346 e. The molecule has 0 unspecified atom stereocenters. The van der Waals surface area contributed by atoms with Crippen LogP contribution in [-0.4, -0.2) is 16.0 Å². The summed E-state index contributed by atoms with van der Waals surface area (Å²) < 4.78 is 13.2. The Balaban J connectivity index is 2.08. The molecule has 0 fully saturated rings. The number of nitrogens with one attached hydrogen (secondary N) is 3. The van der Waals surface area contributed by atoms with Crippen LogP contribution < -0.4 is 16.3 Å². The Hall–Kier alpha value is -2.70. The topological polar surface area (TPSA) is 86.9 Å². The van der Waals surface area contributed by atoms with Crippen molar-refractivity contribution in [2.45, 2.75) is 0 Å². The number of aromatic nitrogens is 2. The molecule has 18 heavy (non-hydrogen) atoms. The Morgan fingerprint density at radius 1 is 1.22 bits per heavy atom. The molecule has 2 amide bonds. The minimum absolute atomic E-state index is 0.330. The quantitative estimate of drug-likeness (QED) is 0.753. The molecule has 0 saturated carbocycles. The second-order valence-electron chi connectivity index (χ2n) is 3.36. The zero-order chi connectivity index (χ0) is 13.0. The Kier molecular flexibility index (Phi) is 3.33. The zero-order valence-corrected chi connectivity index (χ0v) is 9.11. The van der Waals surface area contributed by atoms with Crippen LogP contribution in [0.4, 0.5) is 20.7 Å². The molecule has 3 N–H and O–H groups in total. The number of carbonyl (C=O) groups excluding carboxylic acids is 1. The molecule has 2 aromatic rings. The monoisotopic (exact) mass is 248 g/mol. The summed E-state index contributed by atoms with van der Waals surface area (Å²) in [4.78, 5) is 27.6.